The van der Waals surface area contributed by atoms with Gasteiger partial charge in [0.15, 0.2) is 0 Å². The Bertz CT molecular complexity index is 399. The third-order valence-corrected chi connectivity index (χ3v) is 2.67. The van der Waals surface area contributed by atoms with Gasteiger partial charge in [0, 0.05) is 18.3 Å². The van der Waals surface area contributed by atoms with Crippen LogP contribution < -0.4 is 11.1 Å². The summed E-state index contributed by atoms with van der Waals surface area (Å²) < 4.78 is 0. The zero-order valence-corrected chi connectivity index (χ0v) is 11.0. The van der Waals surface area contributed by atoms with E-state index in [1.54, 1.807) is 12.2 Å². The number of benzene rings is 1. The van der Waals surface area contributed by atoms with Crippen LogP contribution in [0.4, 0.5) is 5.69 Å². The summed E-state index contributed by atoms with van der Waals surface area (Å²) in [5, 5.41) is 2.87. The number of amides is 1. The van der Waals surface area contributed by atoms with Gasteiger partial charge in [0.1, 0.15) is 0 Å². The van der Waals surface area contributed by atoms with E-state index in [0.717, 1.165) is 18.5 Å². The van der Waals surface area contributed by atoms with Gasteiger partial charge in [0.25, 0.3) is 0 Å². The molecule has 0 aliphatic heterocycles. The van der Waals surface area contributed by atoms with Gasteiger partial charge in [-0.2, -0.15) is 0 Å². The number of hydrogen-bond acceptors (Lipinski definition) is 2. The number of anilines is 1. The highest BCUT2D eigenvalue weighted by molar-refractivity contribution is 5.91. The van der Waals surface area contributed by atoms with Gasteiger partial charge in [-0.1, -0.05) is 38.3 Å². The van der Waals surface area contributed by atoms with Crippen LogP contribution in [0.2, 0.25) is 0 Å². The van der Waals surface area contributed by atoms with Crippen LogP contribution in [-0.4, -0.2) is 12.5 Å². The number of hydrogen-bond donors (Lipinski definition) is 2. The Morgan fingerprint density at radius 1 is 1.33 bits per heavy atom. The van der Waals surface area contributed by atoms with Crippen LogP contribution in [0.25, 0.3) is 6.08 Å². The summed E-state index contributed by atoms with van der Waals surface area (Å²) in [5.41, 5.74) is 7.30. The van der Waals surface area contributed by atoms with Crippen molar-refractivity contribution in [2.75, 3.05) is 12.3 Å². The van der Waals surface area contributed by atoms with E-state index in [2.05, 4.69) is 12.2 Å². The van der Waals surface area contributed by atoms with Crippen molar-refractivity contribution in [3.63, 3.8) is 0 Å². The van der Waals surface area contributed by atoms with Crippen molar-refractivity contribution in [3.8, 4) is 0 Å². The van der Waals surface area contributed by atoms with Crippen LogP contribution in [0.5, 0.6) is 0 Å². The fourth-order valence-corrected chi connectivity index (χ4v) is 1.66. The Morgan fingerprint density at radius 2 is 2.17 bits per heavy atom. The van der Waals surface area contributed by atoms with E-state index < -0.39 is 0 Å². The maximum absolute atomic E-state index is 11.5. The van der Waals surface area contributed by atoms with Crippen LogP contribution in [0, 0.1) is 0 Å². The van der Waals surface area contributed by atoms with Gasteiger partial charge in [-0.25, -0.2) is 0 Å². The lowest BCUT2D eigenvalue weighted by Crippen LogP contribution is -2.21. The van der Waals surface area contributed by atoms with Crippen LogP contribution >= 0.6 is 0 Å². The Hall–Kier alpha value is -1.77. The first-order chi connectivity index (χ1) is 8.72. The fourth-order valence-electron chi connectivity index (χ4n) is 1.66. The Labute approximate surface area is 109 Å². The molecular formula is C15H22N2O. The van der Waals surface area contributed by atoms with Gasteiger partial charge < -0.3 is 11.1 Å². The molecule has 1 aromatic rings. The molecule has 0 unspecified atom stereocenters. The molecule has 3 heteroatoms. The van der Waals surface area contributed by atoms with Crippen molar-refractivity contribution < 1.29 is 4.79 Å². The molecule has 0 spiro atoms. The topological polar surface area (TPSA) is 55.1 Å². The SMILES string of the molecule is CCCCCCNC(=O)/C=C/c1cccc(N)c1. The van der Waals surface area contributed by atoms with Crippen molar-refractivity contribution in [2.24, 2.45) is 0 Å². The molecule has 1 aromatic carbocycles. The number of rotatable bonds is 7. The van der Waals surface area contributed by atoms with Gasteiger partial charge in [-0.15, -0.1) is 0 Å². The maximum atomic E-state index is 11.5. The third-order valence-electron chi connectivity index (χ3n) is 2.67. The van der Waals surface area contributed by atoms with E-state index in [-0.39, 0.29) is 5.91 Å². The average Bonchev–Trinajstić information content (AvgIpc) is 2.36. The minimum absolute atomic E-state index is 0.0473. The molecule has 3 nitrogen and oxygen atoms in total. The number of unbranched alkanes of at least 4 members (excludes halogenated alkanes) is 3. The summed E-state index contributed by atoms with van der Waals surface area (Å²) in [5.74, 6) is -0.0473. The molecule has 1 rings (SSSR count). The molecule has 0 radical (unpaired) electrons. The Kier molecular flexibility index (Phi) is 6.62. The monoisotopic (exact) mass is 246 g/mol. The summed E-state index contributed by atoms with van der Waals surface area (Å²) in [6.07, 6.45) is 7.99. The molecule has 0 aromatic heterocycles. The van der Waals surface area contributed by atoms with E-state index >= 15 is 0 Å². The second kappa shape index (κ2) is 8.34. The van der Waals surface area contributed by atoms with Gasteiger partial charge in [0.05, 0.1) is 0 Å². The van der Waals surface area contributed by atoms with Gasteiger partial charge in [0.2, 0.25) is 5.91 Å². The van der Waals surface area contributed by atoms with Crippen LogP contribution in [0.15, 0.2) is 30.3 Å². The Balaban J connectivity index is 2.27. The summed E-state index contributed by atoms with van der Waals surface area (Å²) >= 11 is 0. The summed E-state index contributed by atoms with van der Waals surface area (Å²) in [6.45, 7) is 2.92. The number of nitrogens with one attached hydrogen (secondary N) is 1. The van der Waals surface area contributed by atoms with E-state index in [1.165, 1.54) is 19.3 Å². The van der Waals surface area contributed by atoms with Gasteiger partial charge in [-0.05, 0) is 30.2 Å². The number of carbonyl (C=O) groups excluding carboxylic acids is 1. The highest BCUT2D eigenvalue weighted by atomic mass is 16.1. The number of carbonyl (C=O) groups is 1. The molecule has 98 valence electrons. The van der Waals surface area contributed by atoms with Crippen molar-refractivity contribution in [2.45, 2.75) is 32.6 Å². The highest BCUT2D eigenvalue weighted by Gasteiger charge is 1.95. The molecule has 0 bridgehead atoms. The first-order valence-corrected chi connectivity index (χ1v) is 6.54. The summed E-state index contributed by atoms with van der Waals surface area (Å²) in [6, 6.07) is 7.45. The summed E-state index contributed by atoms with van der Waals surface area (Å²) in [4.78, 5) is 11.5. The second-order valence-electron chi connectivity index (χ2n) is 4.36. The minimum Gasteiger partial charge on any atom is -0.399 e. The molecule has 0 heterocycles. The fraction of sp³-hybridized carbons (Fsp3) is 0.400. The third kappa shape index (κ3) is 6.09. The zero-order chi connectivity index (χ0) is 13.2. The molecule has 3 N–H and O–H groups in total. The number of nitrogens with two attached hydrogens (primary N) is 1. The molecule has 18 heavy (non-hydrogen) atoms. The van der Waals surface area contributed by atoms with Crippen molar-refractivity contribution in [1.29, 1.82) is 0 Å². The lowest BCUT2D eigenvalue weighted by Gasteiger charge is -2.01. The summed E-state index contributed by atoms with van der Waals surface area (Å²) in [7, 11) is 0. The lowest BCUT2D eigenvalue weighted by atomic mass is 10.2. The Morgan fingerprint density at radius 3 is 2.89 bits per heavy atom. The first kappa shape index (κ1) is 14.3. The van der Waals surface area contributed by atoms with Crippen LogP contribution in [-0.2, 0) is 4.79 Å². The normalized spacial score (nSPS) is 10.7. The van der Waals surface area contributed by atoms with Gasteiger partial charge in [-0.3, -0.25) is 4.79 Å². The van der Waals surface area contributed by atoms with E-state index in [1.807, 2.05) is 24.3 Å². The molecule has 0 saturated heterocycles. The van der Waals surface area contributed by atoms with Crippen molar-refractivity contribution in [3.05, 3.63) is 35.9 Å². The van der Waals surface area contributed by atoms with Crippen molar-refractivity contribution in [1.82, 2.24) is 5.32 Å². The van der Waals surface area contributed by atoms with E-state index in [9.17, 15) is 4.79 Å². The molecule has 0 saturated carbocycles. The molecule has 0 aliphatic rings. The van der Waals surface area contributed by atoms with E-state index in [0.29, 0.717) is 5.69 Å². The highest BCUT2D eigenvalue weighted by Crippen LogP contribution is 2.07. The average molecular weight is 246 g/mol. The maximum Gasteiger partial charge on any atom is 0.243 e. The molecule has 0 fully saturated rings. The molecule has 0 atom stereocenters. The molecule has 0 aliphatic carbocycles. The van der Waals surface area contributed by atoms with Crippen molar-refractivity contribution >= 4 is 17.7 Å². The van der Waals surface area contributed by atoms with Gasteiger partial charge >= 0.3 is 0 Å². The van der Waals surface area contributed by atoms with Crippen LogP contribution in [0.3, 0.4) is 0 Å². The predicted molar refractivity (Wildman–Crippen MR) is 77.0 cm³/mol. The number of nitrogen functional groups attached to an aromatic ring is 1. The predicted octanol–water partition coefficient (Wildman–Crippen LogP) is 2.98. The first-order valence-electron chi connectivity index (χ1n) is 6.54. The smallest absolute Gasteiger partial charge is 0.243 e. The zero-order valence-electron chi connectivity index (χ0n) is 11.0. The lowest BCUT2D eigenvalue weighted by molar-refractivity contribution is -0.116. The minimum atomic E-state index is -0.0473. The van der Waals surface area contributed by atoms with Crippen LogP contribution in [0.1, 0.15) is 38.2 Å². The largest absolute Gasteiger partial charge is 0.399 e. The second-order valence-corrected chi connectivity index (χ2v) is 4.36. The van der Waals surface area contributed by atoms with E-state index in [4.69, 9.17) is 5.73 Å². The standard InChI is InChI=1S/C15H22N2O/c1-2-3-4-5-11-17-15(18)10-9-13-7-6-8-14(16)12-13/h6-10,12H,2-5,11,16H2,1H3,(H,17,18)/b10-9+. The molecule has 1 amide bonds. The quantitative estimate of drug-likeness (QED) is 0.441. The molecular weight excluding hydrogens is 224 g/mol.